The van der Waals surface area contributed by atoms with Crippen molar-refractivity contribution in [2.24, 2.45) is 0 Å². The molecule has 3 rings (SSSR count). The first-order chi connectivity index (χ1) is 16.1. The summed E-state index contributed by atoms with van der Waals surface area (Å²) in [6.07, 6.45) is -0.155. The van der Waals surface area contributed by atoms with E-state index in [4.69, 9.17) is 5.11 Å². The number of amides is 2. The fraction of sp³-hybridized carbons (Fsp3) is 0.304. The van der Waals surface area contributed by atoms with Crippen LogP contribution in [0.5, 0.6) is 0 Å². The van der Waals surface area contributed by atoms with Gasteiger partial charge in [0.2, 0.25) is 15.9 Å². The summed E-state index contributed by atoms with van der Waals surface area (Å²) in [5.74, 6) is -3.53. The first-order valence-corrected chi connectivity index (χ1v) is 12.2. The first-order valence-electron chi connectivity index (χ1n) is 10.6. The molecule has 10 nitrogen and oxygen atoms in total. The molecular formula is C23H25N3O7S. The second-order valence-electron chi connectivity index (χ2n) is 7.88. The molecule has 180 valence electrons. The highest BCUT2D eigenvalue weighted by Crippen LogP contribution is 2.18. The van der Waals surface area contributed by atoms with Crippen LogP contribution >= 0.6 is 0 Å². The van der Waals surface area contributed by atoms with Crippen LogP contribution in [-0.2, 0) is 36.6 Å². The number of carbonyl (C=O) groups is 4. The Morgan fingerprint density at radius 3 is 2.41 bits per heavy atom. The second kappa shape index (κ2) is 11.0. The van der Waals surface area contributed by atoms with Crippen molar-refractivity contribution in [2.75, 3.05) is 19.6 Å². The minimum Gasteiger partial charge on any atom is -0.481 e. The van der Waals surface area contributed by atoms with Crippen molar-refractivity contribution in [3.8, 4) is 0 Å². The molecule has 0 aromatic heterocycles. The number of carboxylic acid groups (broad SMARTS) is 1. The van der Waals surface area contributed by atoms with Gasteiger partial charge in [-0.2, -0.15) is 0 Å². The van der Waals surface area contributed by atoms with Gasteiger partial charge in [0.15, 0.2) is 5.78 Å². The molecule has 0 aliphatic carbocycles. The molecule has 0 saturated carbocycles. The summed E-state index contributed by atoms with van der Waals surface area (Å²) in [4.78, 5) is 50.2. The van der Waals surface area contributed by atoms with Gasteiger partial charge in [0.25, 0.3) is 5.91 Å². The number of nitrogens with one attached hydrogen (secondary N) is 2. The van der Waals surface area contributed by atoms with Gasteiger partial charge in [-0.1, -0.05) is 48.5 Å². The van der Waals surface area contributed by atoms with E-state index in [0.717, 1.165) is 5.56 Å². The predicted octanol–water partition coefficient (Wildman–Crippen LogP) is 0.333. The Morgan fingerprint density at radius 2 is 1.71 bits per heavy atom. The predicted molar refractivity (Wildman–Crippen MR) is 122 cm³/mol. The first kappa shape index (κ1) is 25.1. The highest BCUT2D eigenvalue weighted by molar-refractivity contribution is 7.88. The number of ketones is 1. The van der Waals surface area contributed by atoms with Crippen LogP contribution in [0.1, 0.15) is 27.9 Å². The molecule has 0 spiro atoms. The quantitative estimate of drug-likeness (QED) is 0.413. The molecule has 0 bridgehead atoms. The van der Waals surface area contributed by atoms with E-state index in [1.807, 2.05) is 12.1 Å². The number of aliphatic carboxylic acids is 1. The molecule has 34 heavy (non-hydrogen) atoms. The average molecular weight is 488 g/mol. The lowest BCUT2D eigenvalue weighted by molar-refractivity contribution is -0.140. The van der Waals surface area contributed by atoms with Gasteiger partial charge in [-0.05, 0) is 23.6 Å². The van der Waals surface area contributed by atoms with Gasteiger partial charge in [-0.25, -0.2) is 13.1 Å². The van der Waals surface area contributed by atoms with Crippen molar-refractivity contribution < 1.29 is 32.7 Å². The molecule has 0 radical (unpaired) electrons. The SMILES string of the molecule is O=C(O)CC(NC(=O)CN1CCc2ccccc2C1=O)C(=O)CNS(=O)(=O)Cc1ccccc1. The zero-order valence-electron chi connectivity index (χ0n) is 18.3. The Labute approximate surface area is 197 Å². The number of rotatable bonds is 11. The smallest absolute Gasteiger partial charge is 0.305 e. The average Bonchev–Trinajstić information content (AvgIpc) is 2.79. The molecule has 2 aromatic rings. The Hall–Kier alpha value is -3.57. The van der Waals surface area contributed by atoms with Gasteiger partial charge >= 0.3 is 5.97 Å². The summed E-state index contributed by atoms with van der Waals surface area (Å²) in [7, 11) is -3.86. The number of sulfonamides is 1. The lowest BCUT2D eigenvalue weighted by atomic mass is 9.99. The van der Waals surface area contributed by atoms with Gasteiger partial charge < -0.3 is 15.3 Å². The summed E-state index contributed by atoms with van der Waals surface area (Å²) >= 11 is 0. The standard InChI is InChI=1S/C23H25N3O7S/c27-20(13-24-34(32,33)15-16-6-2-1-3-7-16)19(12-22(29)30)25-21(28)14-26-11-10-17-8-4-5-9-18(17)23(26)31/h1-9,19,24H,10-15H2,(H,25,28)(H,29,30). The molecule has 1 aliphatic rings. The number of fused-ring (bicyclic) bond motifs is 1. The Balaban J connectivity index is 1.58. The van der Waals surface area contributed by atoms with Crippen LogP contribution in [0.2, 0.25) is 0 Å². The fourth-order valence-electron chi connectivity index (χ4n) is 3.61. The van der Waals surface area contributed by atoms with Gasteiger partial charge in [-0.3, -0.25) is 19.2 Å². The summed E-state index contributed by atoms with van der Waals surface area (Å²) < 4.78 is 26.7. The van der Waals surface area contributed by atoms with Crippen LogP contribution in [0.3, 0.4) is 0 Å². The largest absolute Gasteiger partial charge is 0.481 e. The molecule has 2 aromatic carbocycles. The van der Waals surface area contributed by atoms with E-state index in [1.165, 1.54) is 4.90 Å². The monoisotopic (exact) mass is 487 g/mol. The van der Waals surface area contributed by atoms with Crippen LogP contribution in [0, 0.1) is 0 Å². The Morgan fingerprint density at radius 1 is 1.03 bits per heavy atom. The number of benzene rings is 2. The summed E-state index contributed by atoms with van der Waals surface area (Å²) in [5.41, 5.74) is 1.89. The van der Waals surface area contributed by atoms with E-state index < -0.39 is 46.7 Å². The minimum atomic E-state index is -3.86. The van der Waals surface area contributed by atoms with Gasteiger partial charge in [0.1, 0.15) is 0 Å². The maximum atomic E-state index is 12.6. The number of carbonyl (C=O) groups excluding carboxylic acids is 3. The van der Waals surface area contributed by atoms with E-state index in [9.17, 15) is 27.6 Å². The topological polar surface area (TPSA) is 150 Å². The third-order valence-electron chi connectivity index (χ3n) is 5.29. The summed E-state index contributed by atoms with van der Waals surface area (Å²) in [5, 5.41) is 11.5. The van der Waals surface area contributed by atoms with Crippen molar-refractivity contribution in [1.82, 2.24) is 14.9 Å². The maximum absolute atomic E-state index is 12.6. The van der Waals surface area contributed by atoms with E-state index in [-0.39, 0.29) is 18.2 Å². The van der Waals surface area contributed by atoms with Crippen molar-refractivity contribution in [3.63, 3.8) is 0 Å². The number of hydrogen-bond acceptors (Lipinski definition) is 6. The molecule has 0 fully saturated rings. The number of hydrogen-bond donors (Lipinski definition) is 3. The minimum absolute atomic E-state index is 0.306. The van der Waals surface area contributed by atoms with Crippen LogP contribution in [0.4, 0.5) is 0 Å². The van der Waals surface area contributed by atoms with Crippen molar-refractivity contribution in [1.29, 1.82) is 0 Å². The third kappa shape index (κ3) is 6.96. The summed E-state index contributed by atoms with van der Waals surface area (Å²) in [6, 6.07) is 13.9. The molecule has 1 atom stereocenters. The molecule has 1 aliphatic heterocycles. The highest BCUT2D eigenvalue weighted by Gasteiger charge is 2.29. The van der Waals surface area contributed by atoms with Crippen LogP contribution in [-0.4, -0.2) is 67.7 Å². The van der Waals surface area contributed by atoms with Crippen molar-refractivity contribution in [3.05, 3.63) is 71.3 Å². The van der Waals surface area contributed by atoms with E-state index in [2.05, 4.69) is 10.0 Å². The number of carboxylic acids is 1. The lowest BCUT2D eigenvalue weighted by Gasteiger charge is -2.28. The lowest BCUT2D eigenvalue weighted by Crippen LogP contribution is -2.51. The Kier molecular flexibility index (Phi) is 8.13. The fourth-order valence-corrected chi connectivity index (χ4v) is 4.70. The molecule has 2 amide bonds. The Bertz CT molecular complexity index is 1180. The van der Waals surface area contributed by atoms with E-state index in [1.54, 1.807) is 42.5 Å². The van der Waals surface area contributed by atoms with Crippen molar-refractivity contribution in [2.45, 2.75) is 24.6 Å². The second-order valence-corrected chi connectivity index (χ2v) is 9.69. The molecule has 1 heterocycles. The third-order valence-corrected chi connectivity index (χ3v) is 6.59. The van der Waals surface area contributed by atoms with E-state index in [0.29, 0.717) is 24.1 Å². The highest BCUT2D eigenvalue weighted by atomic mass is 32.2. The molecule has 0 saturated heterocycles. The van der Waals surface area contributed by atoms with Crippen molar-refractivity contribution >= 4 is 33.6 Å². The van der Waals surface area contributed by atoms with E-state index >= 15 is 0 Å². The van der Waals surface area contributed by atoms with Gasteiger partial charge in [-0.15, -0.1) is 0 Å². The zero-order valence-corrected chi connectivity index (χ0v) is 19.1. The normalized spacial score (nSPS) is 14.2. The molecule has 3 N–H and O–H groups in total. The van der Waals surface area contributed by atoms with Crippen LogP contribution in [0.25, 0.3) is 0 Å². The number of nitrogens with zero attached hydrogens (tertiary/aromatic N) is 1. The molecule has 11 heteroatoms. The van der Waals surface area contributed by atoms with Gasteiger partial charge in [0.05, 0.1) is 31.3 Å². The molecular weight excluding hydrogens is 462 g/mol. The number of Topliss-reactive ketones (excluding diaryl/α,β-unsaturated/α-hetero) is 1. The molecule has 1 unspecified atom stereocenters. The van der Waals surface area contributed by atoms with Gasteiger partial charge in [0, 0.05) is 12.1 Å². The van der Waals surface area contributed by atoms with Crippen LogP contribution in [0.15, 0.2) is 54.6 Å². The maximum Gasteiger partial charge on any atom is 0.305 e. The zero-order chi connectivity index (χ0) is 24.7. The summed E-state index contributed by atoms with van der Waals surface area (Å²) in [6.45, 7) is -0.722. The van der Waals surface area contributed by atoms with Crippen LogP contribution < -0.4 is 10.0 Å².